The van der Waals surface area contributed by atoms with Gasteiger partial charge in [-0.25, -0.2) is 0 Å². The van der Waals surface area contributed by atoms with E-state index in [4.69, 9.17) is 5.73 Å². The summed E-state index contributed by atoms with van der Waals surface area (Å²) in [7, 11) is 0. The van der Waals surface area contributed by atoms with Crippen molar-refractivity contribution in [2.75, 3.05) is 0 Å². The minimum Gasteiger partial charge on any atom is -0.349 e. The van der Waals surface area contributed by atoms with Gasteiger partial charge in [-0.15, -0.1) is 0 Å². The van der Waals surface area contributed by atoms with E-state index in [2.05, 4.69) is 26.1 Å². The van der Waals surface area contributed by atoms with Gasteiger partial charge < -0.3 is 11.1 Å². The smallest absolute Gasteiger partial charge is 0.251 e. The maximum Gasteiger partial charge on any atom is 0.251 e. The second kappa shape index (κ2) is 4.73. The SMILES string of the molecule is CC(C)(C)c1ccc(C(=O)NC2CC(N)C2)cc1. The maximum absolute atomic E-state index is 12.0. The first-order valence-electron chi connectivity index (χ1n) is 6.53. The van der Waals surface area contributed by atoms with Crippen molar-refractivity contribution in [2.45, 2.75) is 51.1 Å². The Kier molecular flexibility index (Phi) is 3.44. The van der Waals surface area contributed by atoms with Crippen LogP contribution in [0.4, 0.5) is 0 Å². The number of amides is 1. The van der Waals surface area contributed by atoms with Crippen molar-refractivity contribution in [1.82, 2.24) is 5.32 Å². The molecule has 98 valence electrons. The Hall–Kier alpha value is -1.35. The first-order valence-corrected chi connectivity index (χ1v) is 6.53. The van der Waals surface area contributed by atoms with Gasteiger partial charge in [0.15, 0.2) is 0 Å². The Morgan fingerprint density at radius 2 is 1.78 bits per heavy atom. The van der Waals surface area contributed by atoms with E-state index >= 15 is 0 Å². The molecule has 3 N–H and O–H groups in total. The van der Waals surface area contributed by atoms with Crippen LogP contribution in [0.3, 0.4) is 0 Å². The molecule has 1 fully saturated rings. The van der Waals surface area contributed by atoms with Crippen LogP contribution in [-0.2, 0) is 5.41 Å². The highest BCUT2D eigenvalue weighted by Crippen LogP contribution is 2.22. The Morgan fingerprint density at radius 1 is 1.22 bits per heavy atom. The molecule has 0 radical (unpaired) electrons. The van der Waals surface area contributed by atoms with Gasteiger partial charge in [0.25, 0.3) is 5.91 Å². The van der Waals surface area contributed by atoms with Crippen molar-refractivity contribution in [3.05, 3.63) is 35.4 Å². The zero-order valence-corrected chi connectivity index (χ0v) is 11.4. The van der Waals surface area contributed by atoms with Crippen LogP contribution in [0.5, 0.6) is 0 Å². The molecule has 0 spiro atoms. The minimum absolute atomic E-state index is 0.00681. The normalized spacial score (nSPS) is 23.3. The molecule has 0 heterocycles. The summed E-state index contributed by atoms with van der Waals surface area (Å²) in [4.78, 5) is 12.0. The molecule has 0 bridgehead atoms. The molecular weight excluding hydrogens is 224 g/mol. The molecule has 2 rings (SSSR count). The quantitative estimate of drug-likeness (QED) is 0.840. The maximum atomic E-state index is 12.0. The summed E-state index contributed by atoms with van der Waals surface area (Å²) in [5.74, 6) is 0.00681. The zero-order chi connectivity index (χ0) is 13.3. The largest absolute Gasteiger partial charge is 0.349 e. The van der Waals surface area contributed by atoms with Gasteiger partial charge in [-0.2, -0.15) is 0 Å². The molecule has 0 atom stereocenters. The molecule has 1 aliphatic rings. The summed E-state index contributed by atoms with van der Waals surface area (Å²) in [5.41, 5.74) is 7.79. The van der Waals surface area contributed by atoms with E-state index in [-0.39, 0.29) is 23.4 Å². The third kappa shape index (κ3) is 2.91. The minimum atomic E-state index is 0.00681. The van der Waals surface area contributed by atoms with Gasteiger partial charge in [0.05, 0.1) is 0 Å². The first-order chi connectivity index (χ1) is 8.36. The van der Waals surface area contributed by atoms with Gasteiger partial charge in [0.1, 0.15) is 0 Å². The highest BCUT2D eigenvalue weighted by molar-refractivity contribution is 5.94. The van der Waals surface area contributed by atoms with Gasteiger partial charge in [0, 0.05) is 17.6 Å². The van der Waals surface area contributed by atoms with Crippen molar-refractivity contribution < 1.29 is 4.79 Å². The molecule has 1 saturated carbocycles. The second-order valence-electron chi connectivity index (χ2n) is 6.23. The summed E-state index contributed by atoms with van der Waals surface area (Å²) >= 11 is 0. The third-order valence-corrected chi connectivity index (χ3v) is 3.52. The Labute approximate surface area is 109 Å². The lowest BCUT2D eigenvalue weighted by molar-refractivity contribution is 0.0910. The van der Waals surface area contributed by atoms with Crippen molar-refractivity contribution in [3.8, 4) is 0 Å². The standard InChI is InChI=1S/C15H22N2O/c1-15(2,3)11-6-4-10(5-7-11)14(18)17-13-8-12(16)9-13/h4-7,12-13H,8-9,16H2,1-3H3,(H,17,18). The van der Waals surface area contributed by atoms with Crippen LogP contribution in [0.25, 0.3) is 0 Å². The Balaban J connectivity index is 1.99. The number of benzene rings is 1. The molecule has 0 saturated heterocycles. The fourth-order valence-electron chi connectivity index (χ4n) is 2.17. The van der Waals surface area contributed by atoms with Gasteiger partial charge in [-0.1, -0.05) is 32.9 Å². The summed E-state index contributed by atoms with van der Waals surface area (Å²) in [6.07, 6.45) is 1.79. The van der Waals surface area contributed by atoms with Crippen LogP contribution in [0, 0.1) is 0 Å². The Bertz CT molecular complexity index is 425. The van der Waals surface area contributed by atoms with E-state index in [1.165, 1.54) is 5.56 Å². The first kappa shape index (κ1) is 13.1. The van der Waals surface area contributed by atoms with Crippen molar-refractivity contribution in [3.63, 3.8) is 0 Å². The van der Waals surface area contributed by atoms with Crippen molar-refractivity contribution in [1.29, 1.82) is 0 Å². The van der Waals surface area contributed by atoms with E-state index in [1.54, 1.807) is 0 Å². The van der Waals surface area contributed by atoms with E-state index in [9.17, 15) is 4.79 Å². The highest BCUT2D eigenvalue weighted by atomic mass is 16.1. The molecule has 0 aliphatic heterocycles. The van der Waals surface area contributed by atoms with E-state index < -0.39 is 0 Å². The fraction of sp³-hybridized carbons (Fsp3) is 0.533. The van der Waals surface area contributed by atoms with E-state index in [1.807, 2.05) is 24.3 Å². The van der Waals surface area contributed by atoms with Crippen LogP contribution in [-0.4, -0.2) is 18.0 Å². The number of hydrogen-bond donors (Lipinski definition) is 2. The molecular formula is C15H22N2O. The number of rotatable bonds is 2. The number of nitrogens with two attached hydrogens (primary N) is 1. The number of carbonyl (C=O) groups is 1. The summed E-state index contributed by atoms with van der Waals surface area (Å²) in [6.45, 7) is 6.49. The topological polar surface area (TPSA) is 55.1 Å². The van der Waals surface area contributed by atoms with Gasteiger partial charge in [0.2, 0.25) is 0 Å². The molecule has 3 heteroatoms. The van der Waals surface area contributed by atoms with Gasteiger partial charge in [-0.3, -0.25) is 4.79 Å². The van der Waals surface area contributed by atoms with Gasteiger partial charge >= 0.3 is 0 Å². The third-order valence-electron chi connectivity index (χ3n) is 3.52. The number of carbonyl (C=O) groups excluding carboxylic acids is 1. The summed E-state index contributed by atoms with van der Waals surface area (Å²) in [5, 5.41) is 3.00. The van der Waals surface area contributed by atoms with Crippen LogP contribution in [0.2, 0.25) is 0 Å². The predicted octanol–water partition coefficient (Wildman–Crippen LogP) is 2.20. The lowest BCUT2D eigenvalue weighted by Gasteiger charge is -2.33. The average molecular weight is 246 g/mol. The highest BCUT2D eigenvalue weighted by Gasteiger charge is 2.27. The van der Waals surface area contributed by atoms with E-state index in [0.717, 1.165) is 18.4 Å². The zero-order valence-electron chi connectivity index (χ0n) is 11.4. The van der Waals surface area contributed by atoms with Crippen LogP contribution >= 0.6 is 0 Å². The van der Waals surface area contributed by atoms with Crippen LogP contribution < -0.4 is 11.1 Å². The molecule has 0 unspecified atom stereocenters. The number of nitrogens with one attached hydrogen (secondary N) is 1. The van der Waals surface area contributed by atoms with Crippen molar-refractivity contribution >= 4 is 5.91 Å². The molecule has 0 aromatic heterocycles. The van der Waals surface area contributed by atoms with Crippen LogP contribution in [0.1, 0.15) is 49.5 Å². The monoisotopic (exact) mass is 246 g/mol. The second-order valence-corrected chi connectivity index (χ2v) is 6.23. The number of hydrogen-bond acceptors (Lipinski definition) is 2. The average Bonchev–Trinajstić information content (AvgIpc) is 2.26. The van der Waals surface area contributed by atoms with Gasteiger partial charge in [-0.05, 0) is 36.0 Å². The molecule has 1 aromatic carbocycles. The molecule has 1 aliphatic carbocycles. The summed E-state index contributed by atoms with van der Waals surface area (Å²) < 4.78 is 0. The van der Waals surface area contributed by atoms with Crippen molar-refractivity contribution in [2.24, 2.45) is 5.73 Å². The molecule has 1 aromatic rings. The fourth-order valence-corrected chi connectivity index (χ4v) is 2.17. The molecule has 18 heavy (non-hydrogen) atoms. The lowest BCUT2D eigenvalue weighted by Crippen LogP contribution is -2.50. The molecule has 1 amide bonds. The predicted molar refractivity (Wildman–Crippen MR) is 73.6 cm³/mol. The Morgan fingerprint density at radius 3 is 2.22 bits per heavy atom. The summed E-state index contributed by atoms with van der Waals surface area (Å²) in [6, 6.07) is 8.37. The van der Waals surface area contributed by atoms with Crippen LogP contribution in [0.15, 0.2) is 24.3 Å². The molecule has 3 nitrogen and oxygen atoms in total. The lowest BCUT2D eigenvalue weighted by atomic mass is 9.86. The van der Waals surface area contributed by atoms with E-state index in [0.29, 0.717) is 0 Å².